The molecule has 5 heteroatoms. The first-order valence-electron chi connectivity index (χ1n) is 7.60. The summed E-state index contributed by atoms with van der Waals surface area (Å²) in [5, 5.41) is 7.41. The number of benzene rings is 1. The molecule has 1 aromatic rings. The van der Waals surface area contributed by atoms with Crippen LogP contribution in [0.2, 0.25) is 5.02 Å². The van der Waals surface area contributed by atoms with Crippen molar-refractivity contribution in [1.29, 1.82) is 0 Å². The first kappa shape index (κ1) is 17.8. The number of hydrogen-bond donors (Lipinski definition) is 2. The van der Waals surface area contributed by atoms with Gasteiger partial charge in [-0.15, -0.1) is 0 Å². The van der Waals surface area contributed by atoms with Crippen molar-refractivity contribution in [3.8, 4) is 0 Å². The van der Waals surface area contributed by atoms with Gasteiger partial charge in [0.1, 0.15) is 0 Å². The summed E-state index contributed by atoms with van der Waals surface area (Å²) in [6.45, 7) is 9.41. The molecule has 0 fully saturated rings. The molecule has 4 nitrogen and oxygen atoms in total. The molecule has 0 aliphatic heterocycles. The van der Waals surface area contributed by atoms with Gasteiger partial charge in [0.05, 0.1) is 0 Å². The highest BCUT2D eigenvalue weighted by Crippen LogP contribution is 2.08. The minimum absolute atomic E-state index is 0.743. The summed E-state index contributed by atoms with van der Waals surface area (Å²) in [6.07, 6.45) is 1.11. The molecule has 0 aliphatic rings. The second-order valence-corrected chi connectivity index (χ2v) is 5.30. The third-order valence-corrected chi connectivity index (χ3v) is 3.69. The van der Waals surface area contributed by atoms with Gasteiger partial charge < -0.3 is 15.5 Å². The molecule has 0 bridgehead atoms. The quantitative estimate of drug-likeness (QED) is 0.440. The molecule has 0 atom stereocenters. The van der Waals surface area contributed by atoms with Crippen LogP contribution in [0.15, 0.2) is 29.3 Å². The molecule has 2 N–H and O–H groups in total. The van der Waals surface area contributed by atoms with Crippen molar-refractivity contribution in [2.24, 2.45) is 4.99 Å². The van der Waals surface area contributed by atoms with Crippen molar-refractivity contribution < 1.29 is 0 Å². The summed E-state index contributed by atoms with van der Waals surface area (Å²) in [5.74, 6) is 0.837. The van der Waals surface area contributed by atoms with Gasteiger partial charge >= 0.3 is 0 Å². The van der Waals surface area contributed by atoms with Gasteiger partial charge in [-0.1, -0.05) is 37.6 Å². The average Bonchev–Trinajstić information content (AvgIpc) is 2.52. The van der Waals surface area contributed by atoms with Crippen LogP contribution in [0.1, 0.15) is 25.8 Å². The fourth-order valence-electron chi connectivity index (χ4n) is 2.06. The molecule has 1 rings (SSSR count). The van der Waals surface area contributed by atoms with Gasteiger partial charge in [-0.2, -0.15) is 0 Å². The topological polar surface area (TPSA) is 39.7 Å². The van der Waals surface area contributed by atoms with Gasteiger partial charge in [-0.3, -0.25) is 4.99 Å². The van der Waals surface area contributed by atoms with Gasteiger partial charge in [0.15, 0.2) is 5.96 Å². The lowest BCUT2D eigenvalue weighted by Crippen LogP contribution is -2.38. The van der Waals surface area contributed by atoms with E-state index in [0.29, 0.717) is 0 Å². The Balaban J connectivity index is 2.24. The fourth-order valence-corrected chi connectivity index (χ4v) is 2.18. The number of aliphatic imine (C=N–C) groups is 1. The largest absolute Gasteiger partial charge is 0.356 e. The second kappa shape index (κ2) is 10.5. The summed E-state index contributed by atoms with van der Waals surface area (Å²) >= 11 is 5.88. The molecule has 0 aliphatic carbocycles. The Kier molecular flexibility index (Phi) is 8.87. The Bertz CT molecular complexity index is 413. The molecule has 0 radical (unpaired) electrons. The summed E-state index contributed by atoms with van der Waals surface area (Å²) < 4.78 is 0. The highest BCUT2D eigenvalue weighted by atomic mass is 35.5. The highest BCUT2D eigenvalue weighted by Gasteiger charge is 2.00. The molecule has 118 valence electrons. The van der Waals surface area contributed by atoms with Gasteiger partial charge in [-0.05, 0) is 43.8 Å². The molecule has 0 aromatic heterocycles. The van der Waals surface area contributed by atoms with Crippen LogP contribution in [0, 0.1) is 0 Å². The van der Waals surface area contributed by atoms with Gasteiger partial charge in [0.2, 0.25) is 0 Å². The van der Waals surface area contributed by atoms with Crippen molar-refractivity contribution >= 4 is 17.6 Å². The van der Waals surface area contributed by atoms with E-state index in [0.717, 1.165) is 50.1 Å². The number of halogens is 1. The third-order valence-electron chi connectivity index (χ3n) is 3.43. The minimum atomic E-state index is 0.743. The van der Waals surface area contributed by atoms with Gasteiger partial charge in [-0.25, -0.2) is 0 Å². The molecule has 0 saturated carbocycles. The average molecular weight is 311 g/mol. The molecule has 0 unspecified atom stereocenters. The Hall–Kier alpha value is -1.26. The Morgan fingerprint density at radius 2 is 1.81 bits per heavy atom. The van der Waals surface area contributed by atoms with Crippen LogP contribution in [0.25, 0.3) is 0 Å². The van der Waals surface area contributed by atoms with Crippen molar-refractivity contribution in [1.82, 2.24) is 15.5 Å². The number of nitrogens with one attached hydrogen (secondary N) is 2. The lowest BCUT2D eigenvalue weighted by Gasteiger charge is -2.18. The van der Waals surface area contributed by atoms with E-state index in [9.17, 15) is 0 Å². The molecular formula is C16H27ClN4. The van der Waals surface area contributed by atoms with Crippen molar-refractivity contribution in [3.05, 3.63) is 34.9 Å². The van der Waals surface area contributed by atoms with Crippen molar-refractivity contribution in [2.45, 2.75) is 26.8 Å². The van der Waals surface area contributed by atoms with Crippen molar-refractivity contribution in [3.63, 3.8) is 0 Å². The number of nitrogens with zero attached hydrogens (tertiary/aromatic N) is 2. The van der Waals surface area contributed by atoms with E-state index in [2.05, 4.69) is 34.4 Å². The lowest BCUT2D eigenvalue weighted by atomic mass is 10.2. The molecular weight excluding hydrogens is 284 g/mol. The minimum Gasteiger partial charge on any atom is -0.356 e. The predicted molar refractivity (Wildman–Crippen MR) is 92.1 cm³/mol. The zero-order valence-corrected chi connectivity index (χ0v) is 14.1. The van der Waals surface area contributed by atoms with E-state index < -0.39 is 0 Å². The van der Waals surface area contributed by atoms with Crippen LogP contribution >= 0.6 is 11.6 Å². The Morgan fingerprint density at radius 3 is 2.38 bits per heavy atom. The summed E-state index contributed by atoms with van der Waals surface area (Å²) in [4.78, 5) is 6.65. The van der Waals surface area contributed by atoms with Crippen LogP contribution in [0.4, 0.5) is 0 Å². The molecule has 0 heterocycles. The molecule has 1 aromatic carbocycles. The fraction of sp³-hybridized carbons (Fsp3) is 0.562. The van der Waals surface area contributed by atoms with E-state index in [-0.39, 0.29) is 0 Å². The number of hydrogen-bond acceptors (Lipinski definition) is 2. The van der Waals surface area contributed by atoms with Gasteiger partial charge in [0, 0.05) is 25.2 Å². The Labute approximate surface area is 133 Å². The number of rotatable bonds is 8. The van der Waals surface area contributed by atoms with E-state index in [1.807, 2.05) is 24.3 Å². The monoisotopic (exact) mass is 310 g/mol. The third kappa shape index (κ3) is 7.34. The van der Waals surface area contributed by atoms with E-state index in [1.54, 1.807) is 7.05 Å². The number of guanidine groups is 1. The Morgan fingerprint density at radius 1 is 1.14 bits per heavy atom. The molecule has 21 heavy (non-hydrogen) atoms. The zero-order valence-electron chi connectivity index (χ0n) is 13.3. The van der Waals surface area contributed by atoms with Crippen LogP contribution in [0.5, 0.6) is 0 Å². The van der Waals surface area contributed by atoms with Crippen LogP contribution < -0.4 is 10.6 Å². The first-order valence-corrected chi connectivity index (χ1v) is 7.98. The predicted octanol–water partition coefficient (Wildman–Crippen LogP) is 2.74. The standard InChI is InChI=1S/C16H27ClN4/c1-4-21(5-2)12-6-11-19-16(18-3)20-13-14-7-9-15(17)10-8-14/h7-10H,4-6,11-13H2,1-3H3,(H2,18,19,20). The van der Waals surface area contributed by atoms with Gasteiger partial charge in [0.25, 0.3) is 0 Å². The van der Waals surface area contributed by atoms with E-state index >= 15 is 0 Å². The summed E-state index contributed by atoms with van der Waals surface area (Å²) in [7, 11) is 1.79. The van der Waals surface area contributed by atoms with E-state index in [1.165, 1.54) is 5.56 Å². The summed E-state index contributed by atoms with van der Waals surface area (Å²) in [6, 6.07) is 7.84. The maximum absolute atomic E-state index is 5.88. The molecule has 0 spiro atoms. The zero-order chi connectivity index (χ0) is 15.5. The van der Waals surface area contributed by atoms with Crippen LogP contribution in [-0.2, 0) is 6.54 Å². The molecule has 0 amide bonds. The maximum Gasteiger partial charge on any atom is 0.191 e. The van der Waals surface area contributed by atoms with Crippen molar-refractivity contribution in [2.75, 3.05) is 33.2 Å². The normalized spacial score (nSPS) is 11.8. The second-order valence-electron chi connectivity index (χ2n) is 4.86. The summed E-state index contributed by atoms with van der Waals surface area (Å²) in [5.41, 5.74) is 1.19. The first-order chi connectivity index (χ1) is 10.2. The highest BCUT2D eigenvalue weighted by molar-refractivity contribution is 6.30. The lowest BCUT2D eigenvalue weighted by molar-refractivity contribution is 0.300. The van der Waals surface area contributed by atoms with Crippen LogP contribution in [-0.4, -0.2) is 44.1 Å². The van der Waals surface area contributed by atoms with Crippen LogP contribution in [0.3, 0.4) is 0 Å². The SMILES string of the molecule is CCN(CC)CCCNC(=NC)NCc1ccc(Cl)cc1. The maximum atomic E-state index is 5.88. The van der Waals surface area contributed by atoms with E-state index in [4.69, 9.17) is 11.6 Å². The molecule has 0 saturated heterocycles. The smallest absolute Gasteiger partial charge is 0.191 e.